The first-order valence-corrected chi connectivity index (χ1v) is 6.13. The van der Waals surface area contributed by atoms with Gasteiger partial charge in [-0.1, -0.05) is 18.2 Å². The second-order valence-corrected chi connectivity index (χ2v) is 4.54. The van der Waals surface area contributed by atoms with Crippen LogP contribution in [0.1, 0.15) is 18.4 Å². The van der Waals surface area contributed by atoms with E-state index in [1.54, 1.807) is 0 Å². The first kappa shape index (κ1) is 10.7. The van der Waals surface area contributed by atoms with Crippen LogP contribution in [0.15, 0.2) is 24.3 Å². The molecule has 1 fully saturated rings. The normalized spacial score (nSPS) is 23.9. The van der Waals surface area contributed by atoms with Crippen molar-refractivity contribution in [2.75, 3.05) is 18.2 Å². The number of fused-ring (bicyclic) bond motifs is 1. The van der Waals surface area contributed by atoms with Gasteiger partial charge in [-0.05, 0) is 31.0 Å². The lowest BCUT2D eigenvalue weighted by Crippen LogP contribution is -2.39. The zero-order valence-corrected chi connectivity index (χ0v) is 9.69. The number of carbonyl (C=O) groups is 1. The van der Waals surface area contributed by atoms with E-state index < -0.39 is 0 Å². The first-order valence-electron chi connectivity index (χ1n) is 6.13. The summed E-state index contributed by atoms with van der Waals surface area (Å²) in [7, 11) is 0. The Kier molecular flexibility index (Phi) is 2.82. The predicted molar refractivity (Wildman–Crippen MR) is 64.6 cm³/mol. The minimum atomic E-state index is 0.0654. The van der Waals surface area contributed by atoms with Crippen LogP contribution in [0.5, 0.6) is 0 Å². The number of nitrogens with zero attached hydrogens (tertiary/aromatic N) is 1. The van der Waals surface area contributed by atoms with Gasteiger partial charge in [0.15, 0.2) is 0 Å². The molecule has 1 saturated heterocycles. The van der Waals surface area contributed by atoms with E-state index in [0.29, 0.717) is 6.42 Å². The molecule has 1 atom stereocenters. The highest BCUT2D eigenvalue weighted by Gasteiger charge is 2.28. The summed E-state index contributed by atoms with van der Waals surface area (Å²) in [6.07, 6.45) is 2.44. The second kappa shape index (κ2) is 4.47. The van der Waals surface area contributed by atoms with Crippen molar-refractivity contribution in [3.8, 4) is 0 Å². The molecule has 0 spiro atoms. The van der Waals surface area contributed by atoms with Gasteiger partial charge in [0.1, 0.15) is 0 Å². The highest BCUT2D eigenvalue weighted by molar-refractivity contribution is 5.94. The first-order chi connectivity index (χ1) is 8.34. The summed E-state index contributed by atoms with van der Waals surface area (Å²) in [6.45, 7) is 1.79. The number of hydroxylamine groups is 1. The second-order valence-electron chi connectivity index (χ2n) is 4.54. The molecule has 0 saturated carbocycles. The summed E-state index contributed by atoms with van der Waals surface area (Å²) >= 11 is 0. The molecule has 1 aromatic carbocycles. The molecule has 4 nitrogen and oxygen atoms in total. The maximum Gasteiger partial charge on any atom is 0.251 e. The van der Waals surface area contributed by atoms with Gasteiger partial charge in [0.05, 0.1) is 11.8 Å². The Morgan fingerprint density at radius 3 is 3.00 bits per heavy atom. The molecule has 1 amide bonds. The standard InChI is InChI=1S/C13H16N2O2/c16-13-6-5-10-3-1-2-4-12(10)15(13)17-11-7-8-14-9-11/h1-4,11,14H,5-9H2. The van der Waals surface area contributed by atoms with Crippen LogP contribution < -0.4 is 10.4 Å². The van der Waals surface area contributed by atoms with Gasteiger partial charge in [0.2, 0.25) is 0 Å². The van der Waals surface area contributed by atoms with Crippen LogP contribution in [0.3, 0.4) is 0 Å². The van der Waals surface area contributed by atoms with Crippen LogP contribution in [-0.4, -0.2) is 25.1 Å². The molecule has 2 heterocycles. The van der Waals surface area contributed by atoms with Gasteiger partial charge in [-0.25, -0.2) is 0 Å². The molecule has 17 heavy (non-hydrogen) atoms. The summed E-state index contributed by atoms with van der Waals surface area (Å²) in [5.74, 6) is 0.0654. The smallest absolute Gasteiger partial charge is 0.251 e. The van der Waals surface area contributed by atoms with E-state index in [1.165, 1.54) is 10.6 Å². The van der Waals surface area contributed by atoms with Crippen LogP contribution in [-0.2, 0) is 16.1 Å². The van der Waals surface area contributed by atoms with E-state index in [2.05, 4.69) is 11.4 Å². The van der Waals surface area contributed by atoms with Crippen molar-refractivity contribution in [3.63, 3.8) is 0 Å². The van der Waals surface area contributed by atoms with E-state index in [0.717, 1.165) is 31.6 Å². The zero-order valence-electron chi connectivity index (χ0n) is 9.69. The minimum absolute atomic E-state index is 0.0654. The molecule has 0 bridgehead atoms. The van der Waals surface area contributed by atoms with Gasteiger partial charge < -0.3 is 5.32 Å². The number of rotatable bonds is 2. The van der Waals surface area contributed by atoms with Crippen molar-refractivity contribution in [2.24, 2.45) is 0 Å². The number of hydrogen-bond donors (Lipinski definition) is 1. The van der Waals surface area contributed by atoms with E-state index in [1.807, 2.05) is 18.2 Å². The number of carbonyl (C=O) groups excluding carboxylic acids is 1. The van der Waals surface area contributed by atoms with Crippen LogP contribution >= 0.6 is 0 Å². The molecule has 1 aromatic rings. The van der Waals surface area contributed by atoms with Crippen molar-refractivity contribution in [1.82, 2.24) is 5.32 Å². The molecule has 90 valence electrons. The number of nitrogens with one attached hydrogen (secondary N) is 1. The third kappa shape index (κ3) is 2.06. The summed E-state index contributed by atoms with van der Waals surface area (Å²) in [5.41, 5.74) is 2.11. The summed E-state index contributed by atoms with van der Waals surface area (Å²) < 4.78 is 0. The fourth-order valence-electron chi connectivity index (χ4n) is 2.38. The Hall–Kier alpha value is -1.39. The van der Waals surface area contributed by atoms with E-state index in [4.69, 9.17) is 4.84 Å². The fourth-order valence-corrected chi connectivity index (χ4v) is 2.38. The third-order valence-electron chi connectivity index (χ3n) is 3.31. The summed E-state index contributed by atoms with van der Waals surface area (Å²) in [6, 6.07) is 7.96. The van der Waals surface area contributed by atoms with Crippen molar-refractivity contribution in [2.45, 2.75) is 25.4 Å². The molecule has 4 heteroatoms. The van der Waals surface area contributed by atoms with E-state index >= 15 is 0 Å². The van der Waals surface area contributed by atoms with Crippen LogP contribution in [0.4, 0.5) is 5.69 Å². The van der Waals surface area contributed by atoms with E-state index in [-0.39, 0.29) is 12.0 Å². The highest BCUT2D eigenvalue weighted by Crippen LogP contribution is 2.28. The Bertz CT molecular complexity index is 427. The predicted octanol–water partition coefficient (Wildman–Crippen LogP) is 1.26. The SMILES string of the molecule is O=C1CCc2ccccc2N1OC1CCNC1. The molecular formula is C13H16N2O2. The molecule has 2 aliphatic heterocycles. The van der Waals surface area contributed by atoms with Gasteiger partial charge in [-0.2, -0.15) is 5.06 Å². The average Bonchev–Trinajstić information content (AvgIpc) is 2.86. The lowest BCUT2D eigenvalue weighted by molar-refractivity contribution is -0.128. The summed E-state index contributed by atoms with van der Waals surface area (Å²) in [5, 5.41) is 4.73. The van der Waals surface area contributed by atoms with Crippen LogP contribution in [0.2, 0.25) is 0 Å². The number of anilines is 1. The lowest BCUT2D eigenvalue weighted by atomic mass is 10.0. The zero-order chi connectivity index (χ0) is 11.7. The van der Waals surface area contributed by atoms with Crippen molar-refractivity contribution >= 4 is 11.6 Å². The van der Waals surface area contributed by atoms with Crippen LogP contribution in [0.25, 0.3) is 0 Å². The van der Waals surface area contributed by atoms with Gasteiger partial charge in [0.25, 0.3) is 5.91 Å². The molecule has 1 N–H and O–H groups in total. The fraction of sp³-hybridized carbons (Fsp3) is 0.462. The quantitative estimate of drug-likeness (QED) is 0.834. The molecule has 0 aliphatic carbocycles. The molecule has 2 aliphatic rings. The monoisotopic (exact) mass is 232 g/mol. The molecule has 3 rings (SSSR count). The maximum atomic E-state index is 11.9. The molecule has 0 aromatic heterocycles. The largest absolute Gasteiger partial charge is 0.314 e. The van der Waals surface area contributed by atoms with Crippen molar-refractivity contribution in [3.05, 3.63) is 29.8 Å². The van der Waals surface area contributed by atoms with Gasteiger partial charge in [-0.3, -0.25) is 9.63 Å². The molecular weight excluding hydrogens is 216 g/mol. The van der Waals surface area contributed by atoms with Gasteiger partial charge in [0, 0.05) is 13.0 Å². The Labute approximate surface area is 101 Å². The third-order valence-corrected chi connectivity index (χ3v) is 3.31. The number of aryl methyl sites for hydroxylation is 1. The summed E-state index contributed by atoms with van der Waals surface area (Å²) in [4.78, 5) is 17.7. The average molecular weight is 232 g/mol. The Morgan fingerprint density at radius 2 is 2.18 bits per heavy atom. The number of benzene rings is 1. The van der Waals surface area contributed by atoms with Gasteiger partial charge in [-0.15, -0.1) is 0 Å². The lowest BCUT2D eigenvalue weighted by Gasteiger charge is -2.30. The highest BCUT2D eigenvalue weighted by atomic mass is 16.7. The molecule has 0 radical (unpaired) electrons. The Balaban J connectivity index is 1.84. The maximum absolute atomic E-state index is 11.9. The minimum Gasteiger partial charge on any atom is -0.314 e. The van der Waals surface area contributed by atoms with E-state index in [9.17, 15) is 4.79 Å². The Morgan fingerprint density at radius 1 is 1.29 bits per heavy atom. The number of hydrogen-bond acceptors (Lipinski definition) is 3. The topological polar surface area (TPSA) is 41.6 Å². The van der Waals surface area contributed by atoms with Gasteiger partial charge >= 0.3 is 0 Å². The van der Waals surface area contributed by atoms with Crippen molar-refractivity contribution < 1.29 is 9.63 Å². The molecule has 1 unspecified atom stereocenters. The van der Waals surface area contributed by atoms with Crippen molar-refractivity contribution in [1.29, 1.82) is 0 Å². The van der Waals surface area contributed by atoms with Crippen LogP contribution in [0, 0.1) is 0 Å². The number of para-hydroxylation sites is 1. The number of amides is 1.